The average molecular weight is 342 g/mol. The van der Waals surface area contributed by atoms with Crippen LogP contribution in [0.1, 0.15) is 25.8 Å². The topological polar surface area (TPSA) is 81.4 Å². The van der Waals surface area contributed by atoms with Crippen LogP contribution in [-0.2, 0) is 20.7 Å². The fourth-order valence-corrected chi connectivity index (χ4v) is 2.82. The summed E-state index contributed by atoms with van der Waals surface area (Å²) in [7, 11) is 1.32. The molecule has 25 heavy (non-hydrogen) atoms. The number of amides is 1. The Morgan fingerprint density at radius 2 is 1.80 bits per heavy atom. The molecule has 2 atom stereocenters. The highest BCUT2D eigenvalue weighted by atomic mass is 16.5. The molecule has 0 aromatic heterocycles. The van der Waals surface area contributed by atoms with Gasteiger partial charge in [0.15, 0.2) is 0 Å². The Kier molecular flexibility index (Phi) is 6.53. The monoisotopic (exact) mass is 342 g/mol. The lowest BCUT2D eigenvalue weighted by molar-refractivity contribution is -0.145. The fourth-order valence-electron chi connectivity index (χ4n) is 2.82. The van der Waals surface area contributed by atoms with Crippen LogP contribution < -0.4 is 11.1 Å². The number of nitrogens with one attached hydrogen (secondary N) is 1. The predicted octanol–water partition coefficient (Wildman–Crippen LogP) is 2.41. The van der Waals surface area contributed by atoms with E-state index in [0.717, 1.165) is 16.3 Å². The number of carbonyl (C=O) groups excluding carboxylic acids is 2. The van der Waals surface area contributed by atoms with Crippen molar-refractivity contribution < 1.29 is 14.3 Å². The first-order valence-electron chi connectivity index (χ1n) is 8.52. The second kappa shape index (κ2) is 8.62. The van der Waals surface area contributed by atoms with Gasteiger partial charge in [0.05, 0.1) is 13.2 Å². The highest BCUT2D eigenvalue weighted by Crippen LogP contribution is 2.16. The summed E-state index contributed by atoms with van der Waals surface area (Å²) in [6.45, 7) is 3.97. The number of esters is 1. The molecular weight excluding hydrogens is 316 g/mol. The highest BCUT2D eigenvalue weighted by molar-refractivity contribution is 5.88. The quantitative estimate of drug-likeness (QED) is 0.757. The number of benzene rings is 2. The lowest BCUT2D eigenvalue weighted by Crippen LogP contribution is -2.49. The van der Waals surface area contributed by atoms with E-state index in [1.165, 1.54) is 7.11 Å². The summed E-state index contributed by atoms with van der Waals surface area (Å²) in [5, 5.41) is 4.97. The molecule has 0 bridgehead atoms. The van der Waals surface area contributed by atoms with Crippen LogP contribution in [0.2, 0.25) is 0 Å². The number of methoxy groups -OCH3 is 1. The van der Waals surface area contributed by atoms with E-state index in [1.807, 2.05) is 56.3 Å². The molecule has 0 fully saturated rings. The van der Waals surface area contributed by atoms with Gasteiger partial charge in [-0.2, -0.15) is 0 Å². The number of nitrogens with two attached hydrogens (primary N) is 1. The Hall–Kier alpha value is -2.40. The summed E-state index contributed by atoms with van der Waals surface area (Å²) >= 11 is 0. The van der Waals surface area contributed by atoms with Crippen LogP contribution in [0, 0.1) is 5.92 Å². The molecule has 0 saturated heterocycles. The van der Waals surface area contributed by atoms with E-state index in [0.29, 0.717) is 12.8 Å². The number of hydrogen-bond donors (Lipinski definition) is 2. The molecule has 0 saturated carbocycles. The first-order chi connectivity index (χ1) is 11.9. The van der Waals surface area contributed by atoms with Crippen molar-refractivity contribution in [1.82, 2.24) is 5.32 Å². The maximum absolute atomic E-state index is 12.4. The second-order valence-corrected chi connectivity index (χ2v) is 6.71. The molecule has 0 unspecified atom stereocenters. The predicted molar refractivity (Wildman–Crippen MR) is 99.0 cm³/mol. The van der Waals surface area contributed by atoms with Gasteiger partial charge in [-0.25, -0.2) is 4.79 Å². The van der Waals surface area contributed by atoms with Crippen molar-refractivity contribution in [2.75, 3.05) is 7.11 Å². The van der Waals surface area contributed by atoms with Crippen molar-refractivity contribution in [3.63, 3.8) is 0 Å². The molecule has 3 N–H and O–H groups in total. The summed E-state index contributed by atoms with van der Waals surface area (Å²) in [4.78, 5) is 24.2. The van der Waals surface area contributed by atoms with E-state index in [1.54, 1.807) is 0 Å². The van der Waals surface area contributed by atoms with Crippen molar-refractivity contribution >= 4 is 22.6 Å². The summed E-state index contributed by atoms with van der Waals surface area (Å²) in [5.41, 5.74) is 7.04. The molecule has 0 aliphatic carbocycles. The minimum Gasteiger partial charge on any atom is -0.467 e. The molecule has 5 heteroatoms. The van der Waals surface area contributed by atoms with E-state index in [-0.39, 0.29) is 11.8 Å². The molecule has 2 rings (SSSR count). The zero-order valence-corrected chi connectivity index (χ0v) is 15.0. The van der Waals surface area contributed by atoms with Gasteiger partial charge in [-0.05, 0) is 35.1 Å². The number of hydrogen-bond acceptors (Lipinski definition) is 4. The number of fused-ring (bicyclic) bond motifs is 1. The van der Waals surface area contributed by atoms with Crippen molar-refractivity contribution in [1.29, 1.82) is 0 Å². The normalized spacial score (nSPS) is 13.5. The third kappa shape index (κ3) is 5.29. The van der Waals surface area contributed by atoms with Crippen LogP contribution >= 0.6 is 0 Å². The molecule has 134 valence electrons. The molecule has 0 aliphatic rings. The molecule has 5 nitrogen and oxygen atoms in total. The minimum atomic E-state index is -0.722. The van der Waals surface area contributed by atoms with Crippen LogP contribution in [-0.4, -0.2) is 31.1 Å². The number of rotatable bonds is 7. The van der Waals surface area contributed by atoms with Gasteiger partial charge < -0.3 is 15.8 Å². The third-order valence-electron chi connectivity index (χ3n) is 4.12. The van der Waals surface area contributed by atoms with E-state index in [4.69, 9.17) is 10.5 Å². The van der Waals surface area contributed by atoms with E-state index in [9.17, 15) is 9.59 Å². The second-order valence-electron chi connectivity index (χ2n) is 6.71. The molecule has 0 heterocycles. The summed E-state index contributed by atoms with van der Waals surface area (Å²) in [6.07, 6.45) is 0.924. The Labute approximate surface area is 148 Å². The van der Waals surface area contributed by atoms with Crippen LogP contribution in [0.4, 0.5) is 0 Å². The van der Waals surface area contributed by atoms with Gasteiger partial charge in [-0.15, -0.1) is 0 Å². The van der Waals surface area contributed by atoms with Crippen LogP contribution in [0.25, 0.3) is 10.8 Å². The standard InChI is InChI=1S/C20H26N2O3/c1-13(2)10-18(20(24)25-3)22-19(23)17(21)12-14-8-9-15-6-4-5-7-16(15)11-14/h4-9,11,13,17-18H,10,12,21H2,1-3H3,(H,22,23)/t17-,18-/m0/s1. The Morgan fingerprint density at radius 3 is 2.44 bits per heavy atom. The van der Waals surface area contributed by atoms with Crippen molar-refractivity contribution in [3.05, 3.63) is 48.0 Å². The SMILES string of the molecule is COC(=O)[C@H](CC(C)C)NC(=O)[C@@H](N)Cc1ccc2ccccc2c1. The number of ether oxygens (including phenoxy) is 1. The van der Waals surface area contributed by atoms with Crippen LogP contribution in [0.3, 0.4) is 0 Å². The molecular formula is C20H26N2O3. The molecule has 2 aromatic rings. The molecule has 0 spiro atoms. The van der Waals surface area contributed by atoms with Crippen molar-refractivity contribution in [2.24, 2.45) is 11.7 Å². The van der Waals surface area contributed by atoms with Gasteiger partial charge in [-0.1, -0.05) is 56.3 Å². The maximum atomic E-state index is 12.4. The number of carbonyl (C=O) groups is 2. The van der Waals surface area contributed by atoms with Gasteiger partial charge in [0.25, 0.3) is 0 Å². The third-order valence-corrected chi connectivity index (χ3v) is 4.12. The largest absolute Gasteiger partial charge is 0.467 e. The molecule has 1 amide bonds. The Morgan fingerprint density at radius 1 is 1.12 bits per heavy atom. The zero-order valence-electron chi connectivity index (χ0n) is 15.0. The van der Waals surface area contributed by atoms with Crippen LogP contribution in [0.15, 0.2) is 42.5 Å². The highest BCUT2D eigenvalue weighted by Gasteiger charge is 2.25. The smallest absolute Gasteiger partial charge is 0.328 e. The van der Waals surface area contributed by atoms with Gasteiger partial charge in [0.1, 0.15) is 6.04 Å². The fraction of sp³-hybridized carbons (Fsp3) is 0.400. The van der Waals surface area contributed by atoms with Crippen molar-refractivity contribution in [2.45, 2.75) is 38.8 Å². The summed E-state index contributed by atoms with van der Waals surface area (Å²) in [6, 6.07) is 12.7. The lowest BCUT2D eigenvalue weighted by atomic mass is 10.0. The first kappa shape index (κ1) is 18.9. The Bertz CT molecular complexity index is 743. The van der Waals surface area contributed by atoms with Crippen molar-refractivity contribution in [3.8, 4) is 0 Å². The van der Waals surface area contributed by atoms with E-state index < -0.39 is 18.1 Å². The molecule has 0 aliphatic heterocycles. The van der Waals surface area contributed by atoms with E-state index >= 15 is 0 Å². The van der Waals surface area contributed by atoms with Gasteiger partial charge in [-0.3, -0.25) is 4.79 Å². The molecule has 2 aromatic carbocycles. The Balaban J connectivity index is 2.03. The van der Waals surface area contributed by atoms with Gasteiger partial charge >= 0.3 is 5.97 Å². The lowest BCUT2D eigenvalue weighted by Gasteiger charge is -2.20. The van der Waals surface area contributed by atoms with Crippen LogP contribution in [0.5, 0.6) is 0 Å². The summed E-state index contributed by atoms with van der Waals surface area (Å²) in [5.74, 6) is -0.537. The zero-order chi connectivity index (χ0) is 18.4. The first-order valence-corrected chi connectivity index (χ1v) is 8.52. The maximum Gasteiger partial charge on any atom is 0.328 e. The minimum absolute atomic E-state index is 0.251. The van der Waals surface area contributed by atoms with Gasteiger partial charge in [0, 0.05) is 0 Å². The average Bonchev–Trinajstić information content (AvgIpc) is 2.59. The summed E-state index contributed by atoms with van der Waals surface area (Å²) < 4.78 is 4.77. The molecule has 0 radical (unpaired) electrons. The van der Waals surface area contributed by atoms with E-state index in [2.05, 4.69) is 5.32 Å². The van der Waals surface area contributed by atoms with Gasteiger partial charge in [0.2, 0.25) is 5.91 Å².